The van der Waals surface area contributed by atoms with Gasteiger partial charge >= 0.3 is 0 Å². The average Bonchev–Trinajstić information content (AvgIpc) is 3.21. The van der Waals surface area contributed by atoms with Crippen LogP contribution in [0.3, 0.4) is 0 Å². The number of carbonyl (C=O) groups excluding carboxylic acids is 1. The number of carbonyl (C=O) groups is 1. The van der Waals surface area contributed by atoms with Crippen molar-refractivity contribution in [3.8, 4) is 5.69 Å². The Bertz CT molecular complexity index is 1120. The van der Waals surface area contributed by atoms with Crippen molar-refractivity contribution in [3.63, 3.8) is 0 Å². The molecule has 1 fully saturated rings. The zero-order chi connectivity index (χ0) is 22.7. The fraction of sp³-hybridized carbons (Fsp3) is 0.318. The van der Waals surface area contributed by atoms with E-state index in [1.807, 2.05) is 42.7 Å². The monoisotopic (exact) mass is 491 g/mol. The highest BCUT2D eigenvalue weighted by Crippen LogP contribution is 2.33. The summed E-state index contributed by atoms with van der Waals surface area (Å²) in [7, 11) is 0. The molecule has 4 rings (SSSR count). The number of nitrogens with one attached hydrogen (secondary N) is 1. The molecule has 0 saturated carbocycles. The third-order valence-electron chi connectivity index (χ3n) is 5.13. The van der Waals surface area contributed by atoms with Gasteiger partial charge in [0.05, 0.1) is 39.9 Å². The first-order valence-corrected chi connectivity index (χ1v) is 11.8. The van der Waals surface area contributed by atoms with Crippen LogP contribution in [0.1, 0.15) is 12.5 Å². The van der Waals surface area contributed by atoms with Crippen LogP contribution in [0, 0.1) is 6.92 Å². The zero-order valence-corrected chi connectivity index (χ0v) is 20.0. The lowest BCUT2D eigenvalue weighted by Crippen LogP contribution is -2.38. The number of aryl methyl sites for hydroxylation is 1. The van der Waals surface area contributed by atoms with E-state index in [2.05, 4.69) is 20.4 Å². The van der Waals surface area contributed by atoms with Crippen LogP contribution in [0.4, 0.5) is 11.6 Å². The summed E-state index contributed by atoms with van der Waals surface area (Å²) in [4.78, 5) is 15.0. The average molecular weight is 492 g/mol. The first-order chi connectivity index (χ1) is 15.5. The van der Waals surface area contributed by atoms with E-state index >= 15 is 0 Å². The minimum atomic E-state index is -0.449. The molecule has 7 nitrogen and oxygen atoms in total. The molecule has 1 unspecified atom stereocenters. The molecule has 0 spiro atoms. The van der Waals surface area contributed by atoms with Gasteiger partial charge in [0.15, 0.2) is 5.16 Å². The van der Waals surface area contributed by atoms with Gasteiger partial charge in [-0.1, -0.05) is 59.2 Å². The molecule has 1 amide bonds. The number of nitrogens with zero attached hydrogens (tertiary/aromatic N) is 4. The van der Waals surface area contributed by atoms with E-state index in [-0.39, 0.29) is 5.91 Å². The molecule has 0 bridgehead atoms. The van der Waals surface area contributed by atoms with Crippen LogP contribution in [0.2, 0.25) is 10.0 Å². The second kappa shape index (κ2) is 10.1. The van der Waals surface area contributed by atoms with Crippen LogP contribution >= 0.6 is 35.0 Å². The lowest BCUT2D eigenvalue weighted by molar-refractivity contribution is -0.115. The number of hydrogen-bond donors (Lipinski definition) is 1. The quantitative estimate of drug-likeness (QED) is 0.497. The molecular formula is C22H23Cl2N5O2S. The largest absolute Gasteiger partial charge is 0.378 e. The summed E-state index contributed by atoms with van der Waals surface area (Å²) >= 11 is 13.6. The van der Waals surface area contributed by atoms with Gasteiger partial charge in [-0.15, -0.1) is 10.2 Å². The lowest BCUT2D eigenvalue weighted by atomic mass is 10.2. The minimum absolute atomic E-state index is 0.202. The maximum Gasteiger partial charge on any atom is 0.237 e. The van der Waals surface area contributed by atoms with Crippen LogP contribution < -0.4 is 10.2 Å². The molecule has 1 atom stereocenters. The van der Waals surface area contributed by atoms with Crippen molar-refractivity contribution in [1.29, 1.82) is 0 Å². The Morgan fingerprint density at radius 3 is 2.62 bits per heavy atom. The summed E-state index contributed by atoms with van der Waals surface area (Å²) in [5.41, 5.74) is 2.55. The number of para-hydroxylation sites is 1. The Kier molecular flexibility index (Phi) is 7.25. The predicted octanol–water partition coefficient (Wildman–Crippen LogP) is 4.84. The summed E-state index contributed by atoms with van der Waals surface area (Å²) in [6.07, 6.45) is 0. The Hall–Kier alpha value is -2.26. The van der Waals surface area contributed by atoms with Crippen molar-refractivity contribution in [2.75, 3.05) is 36.5 Å². The van der Waals surface area contributed by atoms with Crippen LogP contribution in [0.25, 0.3) is 5.69 Å². The Labute approximate surface area is 201 Å². The molecule has 2 aromatic carbocycles. The van der Waals surface area contributed by atoms with E-state index in [0.717, 1.165) is 30.3 Å². The summed E-state index contributed by atoms with van der Waals surface area (Å²) in [5, 5.41) is 12.7. The number of anilines is 2. The van der Waals surface area contributed by atoms with Crippen molar-refractivity contribution in [1.82, 2.24) is 14.8 Å². The fourth-order valence-corrected chi connectivity index (χ4v) is 4.58. The highest BCUT2D eigenvalue weighted by atomic mass is 35.5. The maximum absolute atomic E-state index is 12.9. The second-order valence-electron chi connectivity index (χ2n) is 7.35. The SMILES string of the molecule is Cc1ccccc1-n1c(SC(C)C(=O)Nc2cccc(Cl)c2Cl)nnc1N1CCOCC1. The minimum Gasteiger partial charge on any atom is -0.378 e. The molecule has 1 aromatic heterocycles. The predicted molar refractivity (Wildman–Crippen MR) is 130 cm³/mol. The molecule has 1 aliphatic rings. The van der Waals surface area contributed by atoms with Gasteiger partial charge in [0.2, 0.25) is 11.9 Å². The maximum atomic E-state index is 12.9. The Balaban J connectivity index is 1.61. The first kappa shape index (κ1) is 22.9. The number of morpholine rings is 1. The number of rotatable bonds is 6. The Morgan fingerprint density at radius 1 is 1.12 bits per heavy atom. The molecule has 1 saturated heterocycles. The zero-order valence-electron chi connectivity index (χ0n) is 17.7. The van der Waals surface area contributed by atoms with Gasteiger partial charge in [0.1, 0.15) is 0 Å². The van der Waals surface area contributed by atoms with E-state index in [9.17, 15) is 4.79 Å². The van der Waals surface area contributed by atoms with Crippen LogP contribution in [-0.4, -0.2) is 52.2 Å². The summed E-state index contributed by atoms with van der Waals surface area (Å²) in [6, 6.07) is 13.2. The van der Waals surface area contributed by atoms with E-state index in [4.69, 9.17) is 27.9 Å². The number of thioether (sulfide) groups is 1. The molecule has 2 heterocycles. The van der Waals surface area contributed by atoms with Crippen molar-refractivity contribution in [2.45, 2.75) is 24.3 Å². The van der Waals surface area contributed by atoms with Crippen LogP contribution in [0.15, 0.2) is 47.6 Å². The van der Waals surface area contributed by atoms with Gasteiger partial charge in [-0.2, -0.15) is 0 Å². The molecule has 32 heavy (non-hydrogen) atoms. The van der Waals surface area contributed by atoms with Crippen LogP contribution in [-0.2, 0) is 9.53 Å². The number of benzene rings is 2. The molecule has 1 aliphatic heterocycles. The van der Waals surface area contributed by atoms with Gasteiger partial charge in [-0.25, -0.2) is 0 Å². The Morgan fingerprint density at radius 2 is 1.88 bits per heavy atom. The van der Waals surface area contributed by atoms with Gasteiger partial charge in [0.25, 0.3) is 0 Å². The third-order valence-corrected chi connectivity index (χ3v) is 6.99. The third kappa shape index (κ3) is 4.88. The topological polar surface area (TPSA) is 72.3 Å². The molecule has 10 heteroatoms. The molecule has 0 aliphatic carbocycles. The van der Waals surface area contributed by atoms with E-state index in [0.29, 0.717) is 34.1 Å². The van der Waals surface area contributed by atoms with Gasteiger partial charge in [-0.05, 0) is 37.6 Å². The fourth-order valence-electron chi connectivity index (χ4n) is 3.38. The first-order valence-electron chi connectivity index (χ1n) is 10.2. The van der Waals surface area contributed by atoms with E-state index < -0.39 is 5.25 Å². The number of halogens is 2. The number of aromatic nitrogens is 3. The molecular weight excluding hydrogens is 469 g/mol. The van der Waals surface area contributed by atoms with Gasteiger partial charge in [0, 0.05) is 13.1 Å². The van der Waals surface area contributed by atoms with E-state index in [1.165, 1.54) is 11.8 Å². The van der Waals surface area contributed by atoms with Gasteiger partial charge < -0.3 is 15.0 Å². The molecule has 0 radical (unpaired) electrons. The lowest BCUT2D eigenvalue weighted by Gasteiger charge is -2.28. The van der Waals surface area contributed by atoms with Gasteiger partial charge in [-0.3, -0.25) is 9.36 Å². The normalized spacial score (nSPS) is 14.9. The van der Waals surface area contributed by atoms with Crippen LogP contribution in [0.5, 0.6) is 0 Å². The number of ether oxygens (including phenoxy) is 1. The van der Waals surface area contributed by atoms with E-state index in [1.54, 1.807) is 18.2 Å². The molecule has 1 N–H and O–H groups in total. The molecule has 3 aromatic rings. The smallest absolute Gasteiger partial charge is 0.237 e. The number of amides is 1. The highest BCUT2D eigenvalue weighted by Gasteiger charge is 2.25. The summed E-state index contributed by atoms with van der Waals surface area (Å²) in [6.45, 7) is 6.62. The standard InChI is InChI=1S/C22H23Cl2N5O2S/c1-14-6-3-4-9-18(14)29-21(28-10-12-31-13-11-28)26-27-22(29)32-15(2)20(30)25-17-8-5-7-16(23)19(17)24/h3-9,15H,10-13H2,1-2H3,(H,25,30). The van der Waals surface area contributed by atoms with Crippen molar-refractivity contribution < 1.29 is 9.53 Å². The summed E-state index contributed by atoms with van der Waals surface area (Å²) in [5.74, 6) is 0.544. The van der Waals surface area contributed by atoms with Crippen molar-refractivity contribution >= 4 is 52.5 Å². The highest BCUT2D eigenvalue weighted by molar-refractivity contribution is 8.00. The van der Waals surface area contributed by atoms with Crippen molar-refractivity contribution in [2.24, 2.45) is 0 Å². The molecule has 168 valence electrons. The second-order valence-corrected chi connectivity index (χ2v) is 9.45. The summed E-state index contributed by atoms with van der Waals surface area (Å²) < 4.78 is 7.51. The number of hydrogen-bond acceptors (Lipinski definition) is 6. The van der Waals surface area contributed by atoms with Crippen molar-refractivity contribution in [3.05, 3.63) is 58.1 Å².